The maximum Gasteiger partial charge on any atom is 0.305 e. The van der Waals surface area contributed by atoms with E-state index < -0.39 is 0 Å². The molecule has 1 unspecified atom stereocenters. The monoisotopic (exact) mass is 251 g/mol. The Labute approximate surface area is 108 Å². The van der Waals surface area contributed by atoms with E-state index in [0.29, 0.717) is 13.0 Å². The van der Waals surface area contributed by atoms with E-state index in [2.05, 4.69) is 10.1 Å². The summed E-state index contributed by atoms with van der Waals surface area (Å²) in [5.74, 6) is -0.194. The topological polar surface area (TPSA) is 58.6 Å². The number of esters is 1. The van der Waals surface area contributed by atoms with Gasteiger partial charge in [-0.25, -0.2) is 0 Å². The van der Waals surface area contributed by atoms with E-state index in [1.54, 1.807) is 0 Å². The number of aliphatic hydroxyl groups excluding tert-OH is 1. The molecular formula is C14H21NO3. The normalized spacial score (nSPS) is 12.1. The Morgan fingerprint density at radius 1 is 1.39 bits per heavy atom. The summed E-state index contributed by atoms with van der Waals surface area (Å²) in [5, 5.41) is 12.5. The van der Waals surface area contributed by atoms with Crippen molar-refractivity contribution in [3.05, 3.63) is 35.9 Å². The van der Waals surface area contributed by atoms with E-state index in [1.807, 2.05) is 30.3 Å². The first kappa shape index (κ1) is 14.7. The lowest BCUT2D eigenvalue weighted by Gasteiger charge is -2.16. The molecule has 1 rings (SSSR count). The first-order valence-corrected chi connectivity index (χ1v) is 6.21. The standard InChI is InChI=1S/C14H21NO3/c1-18-14(17)8-5-9-15-13(11-16)10-12-6-3-2-4-7-12/h2-4,6-7,13,15-16H,5,8-11H2,1H3. The number of carbonyl (C=O) groups is 1. The Hall–Kier alpha value is -1.39. The fourth-order valence-electron chi connectivity index (χ4n) is 1.74. The van der Waals surface area contributed by atoms with Crippen LogP contribution in [-0.2, 0) is 16.0 Å². The van der Waals surface area contributed by atoms with Crippen LogP contribution >= 0.6 is 0 Å². The van der Waals surface area contributed by atoms with Crippen LogP contribution in [0.4, 0.5) is 0 Å². The zero-order chi connectivity index (χ0) is 13.2. The molecular weight excluding hydrogens is 230 g/mol. The van der Waals surface area contributed by atoms with Gasteiger partial charge in [0.2, 0.25) is 0 Å². The van der Waals surface area contributed by atoms with Crippen molar-refractivity contribution in [3.63, 3.8) is 0 Å². The number of methoxy groups -OCH3 is 1. The Morgan fingerprint density at radius 3 is 2.72 bits per heavy atom. The molecule has 0 fully saturated rings. The van der Waals surface area contributed by atoms with Crippen LogP contribution in [0.5, 0.6) is 0 Å². The van der Waals surface area contributed by atoms with Gasteiger partial charge in [-0.3, -0.25) is 4.79 Å². The van der Waals surface area contributed by atoms with Gasteiger partial charge in [0.25, 0.3) is 0 Å². The van der Waals surface area contributed by atoms with Crippen LogP contribution in [0.2, 0.25) is 0 Å². The maximum absolute atomic E-state index is 10.9. The van der Waals surface area contributed by atoms with Gasteiger partial charge in [-0.1, -0.05) is 30.3 Å². The average molecular weight is 251 g/mol. The average Bonchev–Trinajstić information content (AvgIpc) is 2.43. The van der Waals surface area contributed by atoms with Crippen LogP contribution < -0.4 is 5.32 Å². The molecule has 4 nitrogen and oxygen atoms in total. The molecule has 0 amide bonds. The molecule has 0 heterocycles. The SMILES string of the molecule is COC(=O)CCCNC(CO)Cc1ccccc1. The zero-order valence-electron chi connectivity index (χ0n) is 10.8. The molecule has 4 heteroatoms. The third-order valence-electron chi connectivity index (χ3n) is 2.76. The summed E-state index contributed by atoms with van der Waals surface area (Å²) in [6.07, 6.45) is 1.92. The molecule has 0 aliphatic rings. The van der Waals surface area contributed by atoms with Gasteiger partial charge in [0.15, 0.2) is 0 Å². The van der Waals surface area contributed by atoms with Gasteiger partial charge in [0.05, 0.1) is 13.7 Å². The number of hydrogen-bond donors (Lipinski definition) is 2. The van der Waals surface area contributed by atoms with Crippen molar-refractivity contribution >= 4 is 5.97 Å². The highest BCUT2D eigenvalue weighted by molar-refractivity contribution is 5.69. The second-order valence-electron chi connectivity index (χ2n) is 4.20. The molecule has 0 radical (unpaired) electrons. The third kappa shape index (κ3) is 5.80. The van der Waals surface area contributed by atoms with Gasteiger partial charge in [0.1, 0.15) is 0 Å². The molecule has 0 aliphatic carbocycles. The van der Waals surface area contributed by atoms with Crippen LogP contribution in [0.3, 0.4) is 0 Å². The van der Waals surface area contributed by atoms with Gasteiger partial charge in [0, 0.05) is 12.5 Å². The number of aliphatic hydroxyl groups is 1. The van der Waals surface area contributed by atoms with Gasteiger partial charge < -0.3 is 15.2 Å². The van der Waals surface area contributed by atoms with Gasteiger partial charge in [-0.05, 0) is 24.9 Å². The van der Waals surface area contributed by atoms with Gasteiger partial charge in [-0.15, -0.1) is 0 Å². The molecule has 2 N–H and O–H groups in total. The van der Waals surface area contributed by atoms with Crippen LogP contribution in [0.1, 0.15) is 18.4 Å². The third-order valence-corrected chi connectivity index (χ3v) is 2.76. The van der Waals surface area contributed by atoms with Crippen molar-refractivity contribution in [3.8, 4) is 0 Å². The predicted octanol–water partition coefficient (Wildman–Crippen LogP) is 1.13. The molecule has 1 aromatic carbocycles. The molecule has 0 saturated carbocycles. The molecule has 1 atom stereocenters. The number of nitrogens with one attached hydrogen (secondary N) is 1. The summed E-state index contributed by atoms with van der Waals surface area (Å²) in [6, 6.07) is 10.1. The van der Waals surface area contributed by atoms with Crippen LogP contribution in [0, 0.1) is 0 Å². The van der Waals surface area contributed by atoms with Gasteiger partial charge in [-0.2, -0.15) is 0 Å². The molecule has 1 aromatic rings. The van der Waals surface area contributed by atoms with Crippen LogP contribution in [-0.4, -0.2) is 37.4 Å². The van der Waals surface area contributed by atoms with E-state index >= 15 is 0 Å². The lowest BCUT2D eigenvalue weighted by molar-refractivity contribution is -0.140. The highest BCUT2D eigenvalue weighted by atomic mass is 16.5. The molecule has 0 aliphatic heterocycles. The van der Waals surface area contributed by atoms with Crippen molar-refractivity contribution in [2.45, 2.75) is 25.3 Å². The van der Waals surface area contributed by atoms with E-state index in [-0.39, 0.29) is 18.6 Å². The molecule has 0 spiro atoms. The Bertz CT molecular complexity index is 340. The minimum atomic E-state index is -0.194. The zero-order valence-corrected chi connectivity index (χ0v) is 10.8. The summed E-state index contributed by atoms with van der Waals surface area (Å²) in [6.45, 7) is 0.792. The van der Waals surface area contributed by atoms with Crippen LogP contribution in [0.15, 0.2) is 30.3 Å². The Balaban J connectivity index is 2.24. The van der Waals surface area contributed by atoms with E-state index in [4.69, 9.17) is 0 Å². The molecule has 0 saturated heterocycles. The second-order valence-corrected chi connectivity index (χ2v) is 4.20. The first-order chi connectivity index (χ1) is 8.76. The largest absolute Gasteiger partial charge is 0.469 e. The Kier molecular flexibility index (Phi) is 7.06. The Morgan fingerprint density at radius 2 is 2.11 bits per heavy atom. The number of rotatable bonds is 8. The van der Waals surface area contributed by atoms with E-state index in [9.17, 15) is 9.90 Å². The summed E-state index contributed by atoms with van der Waals surface area (Å²) >= 11 is 0. The van der Waals surface area contributed by atoms with Crippen LogP contribution in [0.25, 0.3) is 0 Å². The quantitative estimate of drug-likeness (QED) is 0.537. The fraction of sp³-hybridized carbons (Fsp3) is 0.500. The minimum Gasteiger partial charge on any atom is -0.469 e. The number of ether oxygens (including phenoxy) is 1. The van der Waals surface area contributed by atoms with E-state index in [0.717, 1.165) is 12.8 Å². The predicted molar refractivity (Wildman–Crippen MR) is 70.3 cm³/mol. The first-order valence-electron chi connectivity index (χ1n) is 6.21. The highest BCUT2D eigenvalue weighted by Crippen LogP contribution is 2.03. The lowest BCUT2D eigenvalue weighted by atomic mass is 10.1. The van der Waals surface area contributed by atoms with E-state index in [1.165, 1.54) is 12.7 Å². The number of carbonyl (C=O) groups excluding carboxylic acids is 1. The van der Waals surface area contributed by atoms with Crippen molar-refractivity contribution in [2.75, 3.05) is 20.3 Å². The summed E-state index contributed by atoms with van der Waals surface area (Å²) in [7, 11) is 1.39. The summed E-state index contributed by atoms with van der Waals surface area (Å²) < 4.78 is 4.56. The maximum atomic E-state index is 10.9. The van der Waals surface area contributed by atoms with Crippen molar-refractivity contribution in [1.29, 1.82) is 0 Å². The highest BCUT2D eigenvalue weighted by Gasteiger charge is 2.07. The molecule has 18 heavy (non-hydrogen) atoms. The minimum absolute atomic E-state index is 0.0325. The smallest absolute Gasteiger partial charge is 0.305 e. The lowest BCUT2D eigenvalue weighted by Crippen LogP contribution is -2.35. The van der Waals surface area contributed by atoms with Crippen molar-refractivity contribution in [1.82, 2.24) is 5.32 Å². The van der Waals surface area contributed by atoms with Crippen molar-refractivity contribution < 1.29 is 14.6 Å². The molecule has 100 valence electrons. The molecule has 0 bridgehead atoms. The van der Waals surface area contributed by atoms with Gasteiger partial charge >= 0.3 is 5.97 Å². The number of hydrogen-bond acceptors (Lipinski definition) is 4. The fourth-order valence-corrected chi connectivity index (χ4v) is 1.74. The van der Waals surface area contributed by atoms with Crippen molar-refractivity contribution in [2.24, 2.45) is 0 Å². The number of benzene rings is 1. The second kappa shape index (κ2) is 8.66. The summed E-state index contributed by atoms with van der Waals surface area (Å²) in [5.41, 5.74) is 1.19. The molecule has 0 aromatic heterocycles. The summed E-state index contributed by atoms with van der Waals surface area (Å²) in [4.78, 5) is 10.9.